The van der Waals surface area contributed by atoms with Crippen LogP contribution in [-0.4, -0.2) is 39.6 Å². The van der Waals surface area contributed by atoms with E-state index in [4.69, 9.17) is 0 Å². The number of rotatable bonds is 7. The van der Waals surface area contributed by atoms with E-state index < -0.39 is 10.9 Å². The highest BCUT2D eigenvalue weighted by molar-refractivity contribution is 5.56. The van der Waals surface area contributed by atoms with E-state index in [0.717, 1.165) is 15.9 Å². The third-order valence-corrected chi connectivity index (χ3v) is 2.30. The number of nitrogens with zero attached hydrogens (tertiary/aromatic N) is 4. The zero-order valence-corrected chi connectivity index (χ0v) is 10.5. The third kappa shape index (κ3) is 4.12. The van der Waals surface area contributed by atoms with Gasteiger partial charge in [0.05, 0.1) is 11.5 Å². The van der Waals surface area contributed by atoms with Gasteiger partial charge in [0, 0.05) is 13.2 Å². The minimum atomic E-state index is -0.783. The van der Waals surface area contributed by atoms with Crippen LogP contribution < -0.4 is 0 Å². The maximum absolute atomic E-state index is 12.7. The Morgan fingerprint density at radius 1 is 1.45 bits per heavy atom. The number of hydrogen-bond donors (Lipinski definition) is 0. The number of carbonyl (C=O) groups is 2. The molecule has 0 saturated heterocycles. The van der Waals surface area contributed by atoms with Crippen molar-refractivity contribution in [1.82, 2.24) is 14.8 Å². The highest BCUT2D eigenvalue weighted by atomic mass is 19.1. The molecule has 0 spiro atoms. The lowest BCUT2D eigenvalue weighted by molar-refractivity contribution is -0.405. The molecule has 1 aromatic rings. The van der Waals surface area contributed by atoms with Gasteiger partial charge in [0.25, 0.3) is 6.20 Å². The molecular weight excluding hydrogens is 271 g/mol. The monoisotopic (exact) mass is 282 g/mol. The molecule has 0 saturated carbocycles. The van der Waals surface area contributed by atoms with Gasteiger partial charge in [-0.2, -0.15) is 4.39 Å². The van der Waals surface area contributed by atoms with Crippen LogP contribution in [0.4, 0.5) is 4.39 Å². The summed E-state index contributed by atoms with van der Waals surface area (Å²) in [4.78, 5) is 36.7. The summed E-state index contributed by atoms with van der Waals surface area (Å²) in [5.41, 5.74) is 0.451. The Kier molecular flexibility index (Phi) is 5.27. The van der Waals surface area contributed by atoms with Crippen LogP contribution in [0.2, 0.25) is 0 Å². The molecule has 0 atom stereocenters. The summed E-state index contributed by atoms with van der Waals surface area (Å²) < 4.78 is 12.7. The molecule has 1 heterocycles. The Bertz CT molecular complexity index is 532. The van der Waals surface area contributed by atoms with Crippen LogP contribution in [0, 0.1) is 16.1 Å². The quantitative estimate of drug-likeness (QED) is 0.311. The molecule has 0 aliphatic carbocycles. The molecule has 9 heteroatoms. The number of hydrogen-bond acceptors (Lipinski definition) is 5. The first-order valence-electron chi connectivity index (χ1n) is 5.33. The fourth-order valence-corrected chi connectivity index (χ4v) is 1.39. The van der Waals surface area contributed by atoms with Gasteiger partial charge in [-0.3, -0.25) is 29.5 Å². The molecule has 20 heavy (non-hydrogen) atoms. The lowest BCUT2D eigenvalue weighted by Gasteiger charge is -2.23. The van der Waals surface area contributed by atoms with Crippen molar-refractivity contribution in [2.75, 3.05) is 7.05 Å². The first kappa shape index (κ1) is 15.2. The van der Waals surface area contributed by atoms with Gasteiger partial charge < -0.3 is 0 Å². The minimum absolute atomic E-state index is 0.0887. The van der Waals surface area contributed by atoms with Gasteiger partial charge in [0.2, 0.25) is 18.8 Å². The van der Waals surface area contributed by atoms with E-state index in [9.17, 15) is 24.1 Å². The first-order chi connectivity index (χ1) is 9.47. The zero-order chi connectivity index (χ0) is 15.1. The van der Waals surface area contributed by atoms with Crippen molar-refractivity contribution in [3.05, 3.63) is 52.0 Å². The Morgan fingerprint density at radius 2 is 2.15 bits per heavy atom. The molecule has 0 fully saturated rings. The minimum Gasteiger partial charge on any atom is -0.299 e. The predicted octanol–water partition coefficient (Wildman–Crippen LogP) is 0.343. The second kappa shape index (κ2) is 6.92. The van der Waals surface area contributed by atoms with Crippen molar-refractivity contribution in [2.45, 2.75) is 6.54 Å². The molecule has 1 aromatic heterocycles. The van der Waals surface area contributed by atoms with E-state index in [-0.39, 0.29) is 12.4 Å². The summed E-state index contributed by atoms with van der Waals surface area (Å²) >= 11 is 0. The molecule has 0 unspecified atom stereocenters. The SMILES string of the molecule is CN(C=O)C(=C[N+](=O)[O-])N(C=O)Cc1ccc(F)nc1. The Morgan fingerprint density at radius 3 is 2.60 bits per heavy atom. The molecule has 2 amide bonds. The molecule has 0 bridgehead atoms. The largest absolute Gasteiger partial charge is 0.299 e. The summed E-state index contributed by atoms with van der Waals surface area (Å²) in [5.74, 6) is -0.901. The van der Waals surface area contributed by atoms with Gasteiger partial charge in [-0.05, 0) is 11.6 Å². The van der Waals surface area contributed by atoms with Gasteiger partial charge in [-0.15, -0.1) is 0 Å². The summed E-state index contributed by atoms with van der Waals surface area (Å²) in [5, 5.41) is 10.5. The summed E-state index contributed by atoms with van der Waals surface area (Å²) in [7, 11) is 1.27. The van der Waals surface area contributed by atoms with E-state index in [1.54, 1.807) is 0 Å². The standard InChI is InChI=1S/C11H11FN4O4/c1-14(7-17)11(6-16(19)20)15(8-18)5-9-2-3-10(12)13-4-9/h2-4,6-8H,5H2,1H3. The number of carbonyl (C=O) groups excluding carboxylic acids is 2. The van der Waals surface area contributed by atoms with Gasteiger partial charge in [-0.25, -0.2) is 4.98 Å². The first-order valence-corrected chi connectivity index (χ1v) is 5.33. The van der Waals surface area contributed by atoms with Crippen molar-refractivity contribution < 1.29 is 18.9 Å². The van der Waals surface area contributed by atoms with E-state index in [0.29, 0.717) is 24.6 Å². The Labute approximate surface area is 113 Å². The highest BCUT2D eigenvalue weighted by Gasteiger charge is 2.17. The second-order valence-corrected chi connectivity index (χ2v) is 3.71. The molecule has 0 aliphatic rings. The highest BCUT2D eigenvalue weighted by Crippen LogP contribution is 2.11. The van der Waals surface area contributed by atoms with Crippen molar-refractivity contribution in [2.24, 2.45) is 0 Å². The molecular formula is C11H11FN4O4. The molecule has 0 radical (unpaired) electrons. The maximum atomic E-state index is 12.7. The van der Waals surface area contributed by atoms with Gasteiger partial charge in [0.15, 0.2) is 5.82 Å². The van der Waals surface area contributed by atoms with E-state index in [2.05, 4.69) is 4.98 Å². The number of pyridine rings is 1. The molecule has 1 rings (SSSR count). The second-order valence-electron chi connectivity index (χ2n) is 3.71. The number of nitro groups is 1. The Hall–Kier alpha value is -2.84. The summed E-state index contributed by atoms with van der Waals surface area (Å²) in [6.45, 7) is -0.0887. The van der Waals surface area contributed by atoms with Crippen LogP contribution >= 0.6 is 0 Å². The van der Waals surface area contributed by atoms with Crippen molar-refractivity contribution in [1.29, 1.82) is 0 Å². The molecule has 106 valence electrons. The van der Waals surface area contributed by atoms with Crippen LogP contribution in [0.5, 0.6) is 0 Å². The number of halogens is 1. The summed E-state index contributed by atoms with van der Waals surface area (Å²) in [6, 6.07) is 2.47. The smallest absolute Gasteiger partial charge is 0.275 e. The van der Waals surface area contributed by atoms with Crippen LogP contribution in [0.15, 0.2) is 30.4 Å². The number of amides is 2. The van der Waals surface area contributed by atoms with E-state index in [1.807, 2.05) is 0 Å². The topological polar surface area (TPSA) is 96.6 Å². The van der Waals surface area contributed by atoms with Crippen molar-refractivity contribution in [3.63, 3.8) is 0 Å². The molecule has 0 N–H and O–H groups in total. The predicted molar refractivity (Wildman–Crippen MR) is 64.7 cm³/mol. The normalized spacial score (nSPS) is 10.8. The van der Waals surface area contributed by atoms with Gasteiger partial charge >= 0.3 is 0 Å². The van der Waals surface area contributed by atoms with Crippen molar-refractivity contribution >= 4 is 12.8 Å². The third-order valence-electron chi connectivity index (χ3n) is 2.30. The zero-order valence-electron chi connectivity index (χ0n) is 10.5. The number of aromatic nitrogens is 1. The Balaban J connectivity index is 3.02. The molecule has 8 nitrogen and oxygen atoms in total. The maximum Gasteiger partial charge on any atom is 0.275 e. The average molecular weight is 282 g/mol. The van der Waals surface area contributed by atoms with Crippen LogP contribution in [0.3, 0.4) is 0 Å². The molecule has 0 aliphatic heterocycles. The average Bonchev–Trinajstić information content (AvgIpc) is 2.43. The van der Waals surface area contributed by atoms with Gasteiger partial charge in [0.1, 0.15) is 0 Å². The lowest BCUT2D eigenvalue weighted by atomic mass is 10.2. The van der Waals surface area contributed by atoms with Gasteiger partial charge in [-0.1, -0.05) is 6.07 Å². The van der Waals surface area contributed by atoms with Crippen LogP contribution in [0.25, 0.3) is 0 Å². The summed E-state index contributed by atoms with van der Waals surface area (Å²) in [6.07, 6.45) is 2.38. The van der Waals surface area contributed by atoms with Crippen LogP contribution in [0.1, 0.15) is 5.56 Å². The van der Waals surface area contributed by atoms with Crippen LogP contribution in [-0.2, 0) is 16.1 Å². The fourth-order valence-electron chi connectivity index (χ4n) is 1.39. The fraction of sp³-hybridized carbons (Fsp3) is 0.182. The van der Waals surface area contributed by atoms with E-state index in [1.165, 1.54) is 19.3 Å². The lowest BCUT2D eigenvalue weighted by Crippen LogP contribution is -2.32. The van der Waals surface area contributed by atoms with Crippen molar-refractivity contribution in [3.8, 4) is 0 Å². The van der Waals surface area contributed by atoms with E-state index >= 15 is 0 Å². The molecule has 0 aromatic carbocycles.